The minimum atomic E-state index is 0.557. The second-order valence-electron chi connectivity index (χ2n) is 4.44. The van der Waals surface area contributed by atoms with Gasteiger partial charge < -0.3 is 14.4 Å². The first-order valence-corrected chi connectivity index (χ1v) is 6.84. The van der Waals surface area contributed by atoms with Gasteiger partial charge in [-0.1, -0.05) is 0 Å². The molecule has 0 aliphatic carbocycles. The molecule has 0 spiro atoms. The summed E-state index contributed by atoms with van der Waals surface area (Å²) in [6, 6.07) is 0. The van der Waals surface area contributed by atoms with E-state index in [1.54, 1.807) is 20.4 Å². The molecule has 2 rings (SSSR count). The number of ether oxygens (including phenoxy) is 2. The van der Waals surface area contributed by atoms with Crippen LogP contribution < -0.4 is 9.64 Å². The van der Waals surface area contributed by atoms with Crippen molar-refractivity contribution in [3.8, 4) is 5.88 Å². The van der Waals surface area contributed by atoms with Gasteiger partial charge in [0.05, 0.1) is 24.4 Å². The summed E-state index contributed by atoms with van der Waals surface area (Å²) in [6.07, 6.45) is 4.09. The third-order valence-electron chi connectivity index (χ3n) is 3.10. The summed E-state index contributed by atoms with van der Waals surface area (Å²) in [6.45, 7) is 2.73. The van der Waals surface area contributed by atoms with Crippen LogP contribution in [-0.2, 0) is 4.74 Å². The number of halogens is 1. The van der Waals surface area contributed by atoms with Crippen molar-refractivity contribution in [3.63, 3.8) is 0 Å². The monoisotopic (exact) mass is 315 g/mol. The van der Waals surface area contributed by atoms with Gasteiger partial charge in [-0.2, -0.15) is 4.98 Å². The van der Waals surface area contributed by atoms with Gasteiger partial charge in [0.1, 0.15) is 0 Å². The number of hydrogen-bond acceptors (Lipinski definition) is 5. The molecule has 0 bridgehead atoms. The molecule has 1 saturated heterocycles. The Bertz CT molecular complexity index is 401. The van der Waals surface area contributed by atoms with Crippen molar-refractivity contribution in [2.45, 2.75) is 12.8 Å². The quantitative estimate of drug-likeness (QED) is 0.851. The van der Waals surface area contributed by atoms with Gasteiger partial charge >= 0.3 is 0 Å². The summed E-state index contributed by atoms with van der Waals surface area (Å²) in [5.41, 5.74) is 0. The van der Waals surface area contributed by atoms with Crippen molar-refractivity contribution in [1.29, 1.82) is 0 Å². The smallest absolute Gasteiger partial charge is 0.232 e. The zero-order valence-corrected chi connectivity index (χ0v) is 12.3. The molecule has 18 heavy (non-hydrogen) atoms. The van der Waals surface area contributed by atoms with Crippen molar-refractivity contribution in [2.24, 2.45) is 5.92 Å². The summed E-state index contributed by atoms with van der Waals surface area (Å²) in [4.78, 5) is 11.0. The van der Waals surface area contributed by atoms with E-state index in [1.165, 1.54) is 6.42 Å². The molecule has 1 aromatic rings. The average molecular weight is 316 g/mol. The Balaban J connectivity index is 2.10. The van der Waals surface area contributed by atoms with Crippen molar-refractivity contribution < 1.29 is 9.47 Å². The highest BCUT2D eigenvalue weighted by Gasteiger charge is 2.22. The number of piperidine rings is 1. The fourth-order valence-corrected chi connectivity index (χ4v) is 2.61. The van der Waals surface area contributed by atoms with E-state index in [9.17, 15) is 0 Å². The molecule has 1 unspecified atom stereocenters. The molecule has 0 saturated carbocycles. The van der Waals surface area contributed by atoms with Gasteiger partial charge in [-0.15, -0.1) is 0 Å². The topological polar surface area (TPSA) is 47.5 Å². The summed E-state index contributed by atoms with van der Waals surface area (Å²) in [5, 5.41) is 0. The maximum Gasteiger partial charge on any atom is 0.232 e. The Morgan fingerprint density at radius 1 is 1.50 bits per heavy atom. The number of aromatic nitrogens is 2. The molecule has 5 nitrogen and oxygen atoms in total. The van der Waals surface area contributed by atoms with Crippen LogP contribution in [0, 0.1) is 5.92 Å². The third-order valence-corrected chi connectivity index (χ3v) is 3.64. The van der Waals surface area contributed by atoms with E-state index in [1.807, 2.05) is 0 Å². The normalized spacial score (nSPS) is 19.9. The zero-order chi connectivity index (χ0) is 13.0. The summed E-state index contributed by atoms with van der Waals surface area (Å²) >= 11 is 3.36. The van der Waals surface area contributed by atoms with Gasteiger partial charge in [0.2, 0.25) is 11.8 Å². The minimum Gasteiger partial charge on any atom is -0.480 e. The Labute approximate surface area is 116 Å². The molecule has 1 atom stereocenters. The molecule has 100 valence electrons. The Morgan fingerprint density at radius 2 is 2.33 bits per heavy atom. The van der Waals surface area contributed by atoms with Crippen molar-refractivity contribution in [2.75, 3.05) is 38.8 Å². The largest absolute Gasteiger partial charge is 0.480 e. The predicted molar refractivity (Wildman–Crippen MR) is 73.1 cm³/mol. The highest BCUT2D eigenvalue weighted by molar-refractivity contribution is 9.10. The highest BCUT2D eigenvalue weighted by Crippen LogP contribution is 2.26. The molecule has 0 aromatic carbocycles. The van der Waals surface area contributed by atoms with Crippen LogP contribution in [0.5, 0.6) is 5.88 Å². The van der Waals surface area contributed by atoms with Gasteiger partial charge in [0.25, 0.3) is 0 Å². The second kappa shape index (κ2) is 6.33. The minimum absolute atomic E-state index is 0.557. The Hall–Kier alpha value is -0.880. The number of hydrogen-bond donors (Lipinski definition) is 0. The predicted octanol–water partition coefficient (Wildman–Crippen LogP) is 2.11. The SMILES string of the molecule is COCC1CCCN(c2ncc(Br)c(OC)n2)C1. The van der Waals surface area contributed by atoms with Crippen LogP contribution in [0.4, 0.5) is 5.95 Å². The molecular formula is C12H18BrN3O2. The van der Waals surface area contributed by atoms with Crippen LogP contribution in [0.3, 0.4) is 0 Å². The fourth-order valence-electron chi connectivity index (χ4n) is 2.26. The van der Waals surface area contributed by atoms with Crippen LogP contribution in [0.2, 0.25) is 0 Å². The summed E-state index contributed by atoms with van der Waals surface area (Å²) in [5.74, 6) is 1.87. The fraction of sp³-hybridized carbons (Fsp3) is 0.667. The first-order valence-electron chi connectivity index (χ1n) is 6.05. The zero-order valence-electron chi connectivity index (χ0n) is 10.7. The van der Waals surface area contributed by atoms with Gasteiger partial charge in [0.15, 0.2) is 0 Å². The maximum atomic E-state index is 5.23. The molecule has 1 aliphatic rings. The molecule has 0 amide bonds. The van der Waals surface area contributed by atoms with Gasteiger partial charge in [-0.25, -0.2) is 4.98 Å². The van der Waals surface area contributed by atoms with E-state index in [4.69, 9.17) is 9.47 Å². The van der Waals surface area contributed by atoms with Crippen LogP contribution in [0.15, 0.2) is 10.7 Å². The van der Waals surface area contributed by atoms with Crippen molar-refractivity contribution in [1.82, 2.24) is 9.97 Å². The number of anilines is 1. The molecule has 1 fully saturated rings. The third kappa shape index (κ3) is 3.11. The van der Waals surface area contributed by atoms with Gasteiger partial charge in [-0.05, 0) is 34.7 Å². The Kier molecular flexibility index (Phi) is 4.77. The van der Waals surface area contributed by atoms with Gasteiger partial charge in [0, 0.05) is 20.2 Å². The van der Waals surface area contributed by atoms with E-state index >= 15 is 0 Å². The standard InChI is InChI=1S/C12H18BrN3O2/c1-17-8-9-4-3-5-16(7-9)12-14-6-10(13)11(15-12)18-2/h6,9H,3-5,7-8H2,1-2H3. The number of rotatable bonds is 4. The van der Waals surface area contributed by atoms with Crippen LogP contribution >= 0.6 is 15.9 Å². The molecular weight excluding hydrogens is 298 g/mol. The summed E-state index contributed by atoms with van der Waals surface area (Å²) in [7, 11) is 3.36. The molecule has 0 radical (unpaired) electrons. The lowest BCUT2D eigenvalue weighted by Gasteiger charge is -2.32. The van der Waals surface area contributed by atoms with Crippen LogP contribution in [0.25, 0.3) is 0 Å². The van der Waals surface area contributed by atoms with Gasteiger partial charge in [-0.3, -0.25) is 0 Å². The number of methoxy groups -OCH3 is 2. The Morgan fingerprint density at radius 3 is 3.06 bits per heavy atom. The lowest BCUT2D eigenvalue weighted by atomic mass is 9.99. The van der Waals surface area contributed by atoms with E-state index in [2.05, 4.69) is 30.8 Å². The first kappa shape index (κ1) is 13.5. The van der Waals surface area contributed by atoms with Crippen molar-refractivity contribution in [3.05, 3.63) is 10.7 Å². The molecule has 2 heterocycles. The molecule has 0 N–H and O–H groups in total. The second-order valence-corrected chi connectivity index (χ2v) is 5.29. The molecule has 1 aliphatic heterocycles. The van der Waals surface area contributed by atoms with E-state index in [0.29, 0.717) is 11.8 Å². The first-order chi connectivity index (χ1) is 8.74. The molecule has 1 aromatic heterocycles. The lowest BCUT2D eigenvalue weighted by molar-refractivity contribution is 0.143. The molecule has 6 heteroatoms. The van der Waals surface area contributed by atoms with E-state index < -0.39 is 0 Å². The lowest BCUT2D eigenvalue weighted by Crippen LogP contribution is -2.38. The van der Waals surface area contributed by atoms with E-state index in [-0.39, 0.29) is 0 Å². The highest BCUT2D eigenvalue weighted by atomic mass is 79.9. The van der Waals surface area contributed by atoms with Crippen LogP contribution in [-0.4, -0.2) is 43.9 Å². The maximum absolute atomic E-state index is 5.23. The average Bonchev–Trinajstić information content (AvgIpc) is 2.40. The van der Waals surface area contributed by atoms with E-state index in [0.717, 1.165) is 36.5 Å². The summed E-state index contributed by atoms with van der Waals surface area (Å²) < 4.78 is 11.2. The number of nitrogens with zero attached hydrogens (tertiary/aromatic N) is 3. The van der Waals surface area contributed by atoms with Crippen LogP contribution in [0.1, 0.15) is 12.8 Å². The van der Waals surface area contributed by atoms with Crippen molar-refractivity contribution >= 4 is 21.9 Å².